The molecule has 0 radical (unpaired) electrons. The number of aliphatic hydroxyl groups is 1. The first kappa shape index (κ1) is 11.1. The predicted molar refractivity (Wildman–Crippen MR) is 63.6 cm³/mol. The van der Waals surface area contributed by atoms with E-state index in [2.05, 4.69) is 6.58 Å². The Morgan fingerprint density at radius 1 is 1.56 bits per heavy atom. The zero-order valence-electron chi connectivity index (χ0n) is 9.33. The van der Waals surface area contributed by atoms with E-state index >= 15 is 0 Å². The fourth-order valence-electron chi connectivity index (χ4n) is 2.10. The first-order valence-corrected chi connectivity index (χ1v) is 5.42. The third kappa shape index (κ3) is 2.07. The number of rotatable bonds is 2. The Bertz CT molecular complexity index is 456. The molecule has 0 bridgehead atoms. The van der Waals surface area contributed by atoms with Crippen molar-refractivity contribution in [2.24, 2.45) is 0 Å². The maximum atomic E-state index is 12.7. The molecule has 0 aliphatic heterocycles. The van der Waals surface area contributed by atoms with Gasteiger partial charge in [-0.1, -0.05) is 18.7 Å². The minimum atomic E-state index is -0.377. The van der Waals surface area contributed by atoms with Crippen molar-refractivity contribution in [3.05, 3.63) is 53.4 Å². The van der Waals surface area contributed by atoms with E-state index in [1.54, 1.807) is 0 Å². The number of fused-ring (bicyclic) bond motifs is 1. The van der Waals surface area contributed by atoms with E-state index in [1.165, 1.54) is 18.6 Å². The van der Waals surface area contributed by atoms with E-state index in [0.29, 0.717) is 5.57 Å². The first-order valence-electron chi connectivity index (χ1n) is 5.42. The van der Waals surface area contributed by atoms with Gasteiger partial charge >= 0.3 is 0 Å². The number of hydrogen-bond donors (Lipinski definition) is 1. The zero-order chi connectivity index (χ0) is 11.7. The van der Waals surface area contributed by atoms with Gasteiger partial charge in [-0.25, -0.2) is 4.39 Å². The minimum Gasteiger partial charge on any atom is -0.388 e. The number of hydrogen-bond acceptors (Lipinski definition) is 1. The van der Waals surface area contributed by atoms with Crippen molar-refractivity contribution in [2.45, 2.75) is 25.9 Å². The average Bonchev–Trinajstić information content (AvgIpc) is 2.59. The lowest BCUT2D eigenvalue weighted by atomic mass is 10.0. The van der Waals surface area contributed by atoms with E-state index in [1.807, 2.05) is 18.2 Å². The van der Waals surface area contributed by atoms with Crippen LogP contribution in [0.5, 0.6) is 0 Å². The summed E-state index contributed by atoms with van der Waals surface area (Å²) in [5.74, 6) is -0.258. The van der Waals surface area contributed by atoms with Gasteiger partial charge in [-0.2, -0.15) is 0 Å². The summed E-state index contributed by atoms with van der Waals surface area (Å²) in [5, 5.41) is 9.75. The van der Waals surface area contributed by atoms with Crippen LogP contribution in [0.4, 0.5) is 4.39 Å². The van der Waals surface area contributed by atoms with Crippen molar-refractivity contribution in [1.29, 1.82) is 0 Å². The second-order valence-corrected chi connectivity index (χ2v) is 4.22. The van der Waals surface area contributed by atoms with Crippen LogP contribution in [0.2, 0.25) is 0 Å². The number of aryl methyl sites for hydroxylation is 1. The average molecular weight is 218 g/mol. The van der Waals surface area contributed by atoms with Crippen LogP contribution in [-0.4, -0.2) is 5.11 Å². The van der Waals surface area contributed by atoms with Crippen molar-refractivity contribution in [3.63, 3.8) is 0 Å². The molecule has 1 N–H and O–H groups in total. The van der Waals surface area contributed by atoms with E-state index < -0.39 is 0 Å². The highest BCUT2D eigenvalue weighted by molar-refractivity contribution is 5.73. The Labute approximate surface area is 94.9 Å². The SMILES string of the molecule is C=C(/C=C(\C)F)c1ccc2c(c1)C(O)CC2. The third-order valence-electron chi connectivity index (χ3n) is 2.94. The third-order valence-corrected chi connectivity index (χ3v) is 2.94. The van der Waals surface area contributed by atoms with Gasteiger partial charge in [-0.05, 0) is 54.2 Å². The van der Waals surface area contributed by atoms with Crippen molar-refractivity contribution >= 4 is 5.57 Å². The Hall–Kier alpha value is -1.41. The maximum Gasteiger partial charge on any atom is 0.0974 e. The summed E-state index contributed by atoms with van der Waals surface area (Å²) in [5.41, 5.74) is 3.66. The molecule has 0 spiro atoms. The van der Waals surface area contributed by atoms with Gasteiger partial charge in [0.2, 0.25) is 0 Å². The van der Waals surface area contributed by atoms with Crippen LogP contribution < -0.4 is 0 Å². The second-order valence-electron chi connectivity index (χ2n) is 4.22. The molecular formula is C14H15FO. The quantitative estimate of drug-likeness (QED) is 0.752. The fraction of sp³-hybridized carbons (Fsp3) is 0.286. The van der Waals surface area contributed by atoms with Gasteiger partial charge < -0.3 is 5.11 Å². The lowest BCUT2D eigenvalue weighted by Crippen LogP contribution is -1.92. The second kappa shape index (κ2) is 4.22. The summed E-state index contributed by atoms with van der Waals surface area (Å²) in [6.45, 7) is 5.21. The van der Waals surface area contributed by atoms with Gasteiger partial charge in [0.15, 0.2) is 0 Å². The monoisotopic (exact) mass is 218 g/mol. The maximum absolute atomic E-state index is 12.7. The lowest BCUT2D eigenvalue weighted by molar-refractivity contribution is 0.180. The summed E-state index contributed by atoms with van der Waals surface area (Å²) < 4.78 is 12.7. The molecule has 0 amide bonds. The molecule has 2 rings (SSSR count). The van der Waals surface area contributed by atoms with Crippen LogP contribution in [0.15, 0.2) is 36.7 Å². The molecule has 0 saturated carbocycles. The highest BCUT2D eigenvalue weighted by Gasteiger charge is 2.20. The van der Waals surface area contributed by atoms with E-state index in [-0.39, 0.29) is 11.9 Å². The zero-order valence-corrected chi connectivity index (χ0v) is 9.33. The molecule has 1 aliphatic carbocycles. The minimum absolute atomic E-state index is 0.258. The van der Waals surface area contributed by atoms with Gasteiger partial charge in [-0.15, -0.1) is 0 Å². The molecule has 1 aliphatic rings. The Morgan fingerprint density at radius 2 is 2.31 bits per heavy atom. The molecule has 1 aromatic rings. The number of allylic oxidation sites excluding steroid dienone is 3. The van der Waals surface area contributed by atoms with Crippen molar-refractivity contribution < 1.29 is 9.50 Å². The molecule has 84 valence electrons. The van der Waals surface area contributed by atoms with Gasteiger partial charge in [0.1, 0.15) is 0 Å². The van der Waals surface area contributed by atoms with Gasteiger partial charge in [0.05, 0.1) is 11.9 Å². The topological polar surface area (TPSA) is 20.2 Å². The van der Waals surface area contributed by atoms with E-state index in [9.17, 15) is 9.50 Å². The van der Waals surface area contributed by atoms with Crippen molar-refractivity contribution in [3.8, 4) is 0 Å². The molecule has 16 heavy (non-hydrogen) atoms. The highest BCUT2D eigenvalue weighted by Crippen LogP contribution is 2.33. The highest BCUT2D eigenvalue weighted by atomic mass is 19.1. The van der Waals surface area contributed by atoms with Gasteiger partial charge in [-0.3, -0.25) is 0 Å². The Morgan fingerprint density at radius 3 is 3.00 bits per heavy atom. The Balaban J connectivity index is 2.35. The molecule has 0 saturated heterocycles. The van der Waals surface area contributed by atoms with Gasteiger partial charge in [0, 0.05) is 0 Å². The van der Waals surface area contributed by atoms with Gasteiger partial charge in [0.25, 0.3) is 0 Å². The normalized spacial score (nSPS) is 19.7. The molecule has 0 fully saturated rings. The molecule has 1 atom stereocenters. The van der Waals surface area contributed by atoms with E-state index in [4.69, 9.17) is 0 Å². The van der Waals surface area contributed by atoms with E-state index in [0.717, 1.165) is 24.0 Å². The molecule has 2 heteroatoms. The van der Waals surface area contributed by atoms with Crippen LogP contribution in [0.3, 0.4) is 0 Å². The molecular weight excluding hydrogens is 203 g/mol. The van der Waals surface area contributed by atoms with Crippen LogP contribution in [0.1, 0.15) is 36.1 Å². The summed E-state index contributed by atoms with van der Waals surface area (Å²) in [7, 11) is 0. The summed E-state index contributed by atoms with van der Waals surface area (Å²) in [4.78, 5) is 0. The summed E-state index contributed by atoms with van der Waals surface area (Å²) in [6.07, 6.45) is 2.73. The Kier molecular flexibility index (Phi) is 2.92. The standard InChI is InChI=1S/C14H15FO/c1-9(7-10(2)15)12-4-3-11-5-6-14(16)13(11)8-12/h3-4,7-8,14,16H,1,5-6H2,2H3/b10-7+. The molecule has 1 aromatic carbocycles. The smallest absolute Gasteiger partial charge is 0.0974 e. The fourth-order valence-corrected chi connectivity index (χ4v) is 2.10. The van der Waals surface area contributed by atoms with Crippen molar-refractivity contribution in [2.75, 3.05) is 0 Å². The van der Waals surface area contributed by atoms with Crippen LogP contribution in [-0.2, 0) is 6.42 Å². The first-order chi connectivity index (χ1) is 7.58. The summed E-state index contributed by atoms with van der Waals surface area (Å²) >= 11 is 0. The number of aliphatic hydroxyl groups excluding tert-OH is 1. The van der Waals surface area contributed by atoms with Crippen LogP contribution in [0, 0.1) is 0 Å². The lowest BCUT2D eigenvalue weighted by Gasteiger charge is -2.07. The van der Waals surface area contributed by atoms with Crippen molar-refractivity contribution in [1.82, 2.24) is 0 Å². The molecule has 0 heterocycles. The summed E-state index contributed by atoms with van der Waals surface area (Å²) in [6, 6.07) is 5.83. The van der Waals surface area contributed by atoms with Crippen LogP contribution >= 0.6 is 0 Å². The predicted octanol–water partition coefficient (Wildman–Crippen LogP) is 3.55. The number of benzene rings is 1. The largest absolute Gasteiger partial charge is 0.388 e. The molecule has 1 unspecified atom stereocenters. The number of halogens is 1. The van der Waals surface area contributed by atoms with Crippen LogP contribution in [0.25, 0.3) is 5.57 Å². The molecule has 1 nitrogen and oxygen atoms in total. The molecule has 0 aromatic heterocycles.